The van der Waals surface area contributed by atoms with Gasteiger partial charge in [-0.2, -0.15) is 17.2 Å². The van der Waals surface area contributed by atoms with Crippen LogP contribution in [-0.4, -0.2) is 65.6 Å². The van der Waals surface area contributed by atoms with Gasteiger partial charge in [-0.1, -0.05) is 6.42 Å². The van der Waals surface area contributed by atoms with Crippen molar-refractivity contribution in [3.05, 3.63) is 0 Å². The topological polar surface area (TPSA) is 144 Å². The number of hydrogen-bond donors (Lipinski definition) is 1. The minimum Gasteiger partial charge on any atom is -0.460 e. The van der Waals surface area contributed by atoms with E-state index in [9.17, 15) is 36.4 Å². The molecule has 4 rings (SSSR count). The molecule has 0 spiro atoms. The second kappa shape index (κ2) is 7.19. The van der Waals surface area contributed by atoms with Crippen molar-refractivity contribution in [3.8, 4) is 0 Å². The van der Waals surface area contributed by atoms with Crippen LogP contribution in [0.4, 0.5) is 8.78 Å². The van der Waals surface area contributed by atoms with Crippen molar-refractivity contribution in [2.45, 2.75) is 50.0 Å². The van der Waals surface area contributed by atoms with Crippen molar-refractivity contribution in [2.24, 2.45) is 29.6 Å². The molecule has 0 aromatic rings. The molecule has 10 nitrogen and oxygen atoms in total. The molecule has 0 aromatic heterocycles. The van der Waals surface area contributed by atoms with Crippen molar-refractivity contribution in [1.82, 2.24) is 4.90 Å². The summed E-state index contributed by atoms with van der Waals surface area (Å²) in [4.78, 5) is 50.9. The average molecular weight is 465 g/mol. The molecule has 1 aliphatic heterocycles. The van der Waals surface area contributed by atoms with Gasteiger partial charge in [-0.05, 0) is 25.2 Å². The fraction of sp³-hybridized carbons (Fsp3) is 0.778. The lowest BCUT2D eigenvalue weighted by molar-refractivity contribution is -0.171. The van der Waals surface area contributed by atoms with Crippen LogP contribution in [0.25, 0.3) is 0 Å². The summed E-state index contributed by atoms with van der Waals surface area (Å²) >= 11 is 0. The van der Waals surface area contributed by atoms with Crippen molar-refractivity contribution in [3.63, 3.8) is 0 Å². The monoisotopic (exact) mass is 465 g/mol. The fourth-order valence-electron chi connectivity index (χ4n) is 5.35. The molecule has 6 unspecified atom stereocenters. The van der Waals surface area contributed by atoms with Gasteiger partial charge in [0.1, 0.15) is 6.10 Å². The van der Waals surface area contributed by atoms with E-state index in [2.05, 4.69) is 4.74 Å². The zero-order valence-corrected chi connectivity index (χ0v) is 17.2. The first-order valence-corrected chi connectivity index (χ1v) is 11.3. The number of fused-ring (bicyclic) bond motifs is 1. The minimum absolute atomic E-state index is 0.252. The van der Waals surface area contributed by atoms with Crippen molar-refractivity contribution in [2.75, 3.05) is 6.61 Å². The van der Waals surface area contributed by atoms with Gasteiger partial charge in [0.25, 0.3) is 0 Å². The van der Waals surface area contributed by atoms with Gasteiger partial charge in [0.15, 0.2) is 6.61 Å². The summed E-state index contributed by atoms with van der Waals surface area (Å²) in [6, 6.07) is -0.729. The molecule has 2 bridgehead atoms. The van der Waals surface area contributed by atoms with Crippen molar-refractivity contribution >= 4 is 33.9 Å². The van der Waals surface area contributed by atoms with Crippen LogP contribution in [0.5, 0.6) is 0 Å². The standard InChI is InChI=1S/C18H21F2NO9S/c1-7(22)21-13-9-5-10(14(13)30-16(24)8-3-2-4-8)12(11(9)15(21)23)17(25)29-6-18(19,20)31(26,27)28/h8-14H,2-6H2,1H3,(H,26,27,28). The van der Waals surface area contributed by atoms with Crippen LogP contribution >= 0.6 is 0 Å². The van der Waals surface area contributed by atoms with E-state index in [1.165, 1.54) is 6.92 Å². The number of halogens is 2. The zero-order valence-electron chi connectivity index (χ0n) is 16.4. The summed E-state index contributed by atoms with van der Waals surface area (Å²) in [7, 11) is -5.81. The number of amides is 2. The lowest BCUT2D eigenvalue weighted by Gasteiger charge is -2.35. The Labute approximate surface area is 176 Å². The maximum absolute atomic E-state index is 13.5. The molecule has 1 N–H and O–H groups in total. The van der Waals surface area contributed by atoms with E-state index in [1.807, 2.05) is 0 Å². The fourth-order valence-corrected chi connectivity index (χ4v) is 5.56. The van der Waals surface area contributed by atoms with Gasteiger partial charge in [0, 0.05) is 12.8 Å². The van der Waals surface area contributed by atoms with E-state index >= 15 is 0 Å². The molecule has 0 aromatic carbocycles. The summed E-state index contributed by atoms with van der Waals surface area (Å²) in [5.41, 5.74) is 0. The summed E-state index contributed by atoms with van der Waals surface area (Å²) in [5, 5.41) is -4.72. The van der Waals surface area contributed by atoms with E-state index in [1.54, 1.807) is 0 Å². The second-order valence-corrected chi connectivity index (χ2v) is 10.1. The van der Waals surface area contributed by atoms with E-state index in [0.717, 1.165) is 11.3 Å². The van der Waals surface area contributed by atoms with Crippen LogP contribution in [0.3, 0.4) is 0 Å². The number of imide groups is 1. The predicted octanol–water partition coefficient (Wildman–Crippen LogP) is 0.362. The number of ether oxygens (including phenoxy) is 2. The summed E-state index contributed by atoms with van der Waals surface area (Å²) in [5.74, 6) is -6.81. The molecule has 6 atom stereocenters. The van der Waals surface area contributed by atoms with Crippen LogP contribution in [0.1, 0.15) is 32.6 Å². The highest BCUT2D eigenvalue weighted by Crippen LogP contribution is 2.60. The average Bonchev–Trinajstić information content (AvgIpc) is 3.19. The Balaban J connectivity index is 1.57. The highest BCUT2D eigenvalue weighted by molar-refractivity contribution is 7.86. The third-order valence-corrected chi connectivity index (χ3v) is 7.81. The summed E-state index contributed by atoms with van der Waals surface area (Å²) in [6.07, 6.45) is 1.46. The van der Waals surface area contributed by atoms with Gasteiger partial charge in [-0.25, -0.2) is 0 Å². The molecule has 3 aliphatic carbocycles. The number of carbonyl (C=O) groups is 4. The SMILES string of the molecule is CC(=O)N1C(=O)C2C3CC(C(OC(=O)C4CCC4)C31)C2C(=O)OCC(F)(F)S(=O)(=O)O. The third kappa shape index (κ3) is 3.32. The quantitative estimate of drug-likeness (QED) is 0.434. The highest BCUT2D eigenvalue weighted by Gasteiger charge is 2.72. The number of esters is 2. The van der Waals surface area contributed by atoms with Crippen molar-refractivity contribution < 1.29 is 50.4 Å². The molecule has 2 amide bonds. The number of alkyl halides is 2. The Bertz CT molecular complexity index is 948. The first-order valence-electron chi connectivity index (χ1n) is 9.91. The molecule has 1 heterocycles. The molecule has 4 aliphatic rings. The highest BCUT2D eigenvalue weighted by atomic mass is 32.2. The molecule has 31 heavy (non-hydrogen) atoms. The van der Waals surface area contributed by atoms with E-state index in [-0.39, 0.29) is 12.3 Å². The van der Waals surface area contributed by atoms with Gasteiger partial charge in [-0.15, -0.1) is 0 Å². The van der Waals surface area contributed by atoms with Gasteiger partial charge < -0.3 is 9.47 Å². The van der Waals surface area contributed by atoms with Crippen LogP contribution in [-0.2, 0) is 38.8 Å². The van der Waals surface area contributed by atoms with E-state index in [4.69, 9.17) is 9.29 Å². The number of hydrogen-bond acceptors (Lipinski definition) is 8. The summed E-state index contributed by atoms with van der Waals surface area (Å²) < 4.78 is 67.1. The van der Waals surface area contributed by atoms with Crippen LogP contribution < -0.4 is 0 Å². The molecular weight excluding hydrogens is 444 g/mol. The largest absolute Gasteiger partial charge is 0.460 e. The predicted molar refractivity (Wildman–Crippen MR) is 94.6 cm³/mol. The molecule has 1 saturated heterocycles. The minimum atomic E-state index is -5.81. The maximum Gasteiger partial charge on any atom is 0.402 e. The van der Waals surface area contributed by atoms with Gasteiger partial charge in [0.05, 0.1) is 23.8 Å². The van der Waals surface area contributed by atoms with Crippen molar-refractivity contribution in [1.29, 1.82) is 0 Å². The molecule has 0 radical (unpaired) electrons. The van der Waals surface area contributed by atoms with Crippen LogP contribution in [0, 0.1) is 29.6 Å². The number of carbonyl (C=O) groups excluding carboxylic acids is 4. The molecule has 3 saturated carbocycles. The van der Waals surface area contributed by atoms with Crippen LogP contribution in [0.2, 0.25) is 0 Å². The lowest BCUT2D eigenvalue weighted by atomic mass is 9.78. The Morgan fingerprint density at radius 3 is 2.35 bits per heavy atom. The first kappa shape index (κ1) is 22.1. The smallest absolute Gasteiger partial charge is 0.402 e. The van der Waals surface area contributed by atoms with Gasteiger partial charge in [-0.3, -0.25) is 28.6 Å². The van der Waals surface area contributed by atoms with E-state index in [0.29, 0.717) is 12.8 Å². The number of nitrogens with zero attached hydrogens (tertiary/aromatic N) is 1. The number of rotatable bonds is 6. The van der Waals surface area contributed by atoms with E-state index < -0.39 is 81.5 Å². The molecule has 4 fully saturated rings. The van der Waals surface area contributed by atoms with Gasteiger partial charge >= 0.3 is 27.3 Å². The molecular formula is C18H21F2NO9S. The Hall–Kier alpha value is -2.15. The van der Waals surface area contributed by atoms with Crippen LogP contribution in [0.15, 0.2) is 0 Å². The Morgan fingerprint density at radius 1 is 1.19 bits per heavy atom. The second-order valence-electron chi connectivity index (χ2n) is 8.58. The summed E-state index contributed by atoms with van der Waals surface area (Å²) in [6.45, 7) is -0.757. The molecule has 13 heteroatoms. The Kier molecular flexibility index (Phi) is 5.11. The lowest BCUT2D eigenvalue weighted by Crippen LogP contribution is -2.49. The number of likely N-dealkylation sites (tertiary alicyclic amines) is 1. The third-order valence-electron chi connectivity index (χ3n) is 6.93. The van der Waals surface area contributed by atoms with Gasteiger partial charge in [0.2, 0.25) is 11.8 Å². The Morgan fingerprint density at radius 2 is 1.84 bits per heavy atom. The molecule has 172 valence electrons. The normalized spacial score (nSPS) is 34.6. The maximum atomic E-state index is 13.5. The zero-order chi connectivity index (χ0) is 22.9. The first-order chi connectivity index (χ1) is 14.3.